The highest BCUT2D eigenvalue weighted by Gasteiger charge is 2.28. The molecule has 2 aromatic rings. The highest BCUT2D eigenvalue weighted by Crippen LogP contribution is 2.32. The predicted molar refractivity (Wildman–Crippen MR) is 91.8 cm³/mol. The molecule has 2 heterocycles. The van der Waals surface area contributed by atoms with E-state index in [9.17, 15) is 4.79 Å². The van der Waals surface area contributed by atoms with Crippen LogP contribution in [0.1, 0.15) is 37.6 Å². The van der Waals surface area contributed by atoms with E-state index in [-0.39, 0.29) is 6.09 Å². The number of nitriles is 1. The average Bonchev–Trinajstić information content (AvgIpc) is 2.53. The number of rotatable bonds is 0. The minimum absolute atomic E-state index is 0.352. The van der Waals surface area contributed by atoms with Crippen LogP contribution in [0.25, 0.3) is 10.9 Å². The molecule has 0 spiro atoms. The van der Waals surface area contributed by atoms with E-state index in [0.29, 0.717) is 30.1 Å². The lowest BCUT2D eigenvalue weighted by atomic mass is 10.0. The van der Waals surface area contributed by atoms with Crippen molar-refractivity contribution in [2.24, 2.45) is 0 Å². The Kier molecular flexibility index (Phi) is 4.10. The topological polar surface area (TPSA) is 66.2 Å². The molecule has 3 rings (SSSR count). The molecular weight excluding hydrogens is 326 g/mol. The molecule has 0 aliphatic carbocycles. The quantitative estimate of drug-likeness (QED) is 0.723. The van der Waals surface area contributed by atoms with Gasteiger partial charge in [-0.2, -0.15) is 5.26 Å². The Hall–Kier alpha value is -2.32. The lowest BCUT2D eigenvalue weighted by molar-refractivity contribution is 0.0223. The number of nitrogens with zero attached hydrogens (tertiary/aromatic N) is 3. The maximum atomic E-state index is 12.3. The number of carbonyl (C=O) groups excluding carboxylic acids is 1. The second-order valence-electron chi connectivity index (χ2n) is 6.85. The first-order valence-corrected chi connectivity index (χ1v) is 8.15. The summed E-state index contributed by atoms with van der Waals surface area (Å²) in [5.74, 6) is 0. The fraction of sp³-hybridized carbons (Fsp3) is 0.389. The minimum Gasteiger partial charge on any atom is -0.444 e. The fourth-order valence-corrected chi connectivity index (χ4v) is 3.06. The first kappa shape index (κ1) is 16.5. The van der Waals surface area contributed by atoms with Crippen LogP contribution in [0, 0.1) is 11.3 Å². The van der Waals surface area contributed by atoms with Crippen LogP contribution < -0.4 is 0 Å². The molecule has 0 unspecified atom stereocenters. The van der Waals surface area contributed by atoms with Crippen molar-refractivity contribution in [3.63, 3.8) is 0 Å². The van der Waals surface area contributed by atoms with Crippen molar-refractivity contribution >= 4 is 28.6 Å². The van der Waals surface area contributed by atoms with Gasteiger partial charge in [0.1, 0.15) is 5.60 Å². The van der Waals surface area contributed by atoms with Crippen LogP contribution in [-0.4, -0.2) is 28.1 Å². The Morgan fingerprint density at radius 2 is 2.17 bits per heavy atom. The molecule has 1 aliphatic heterocycles. The number of hydrogen-bond donors (Lipinski definition) is 0. The summed E-state index contributed by atoms with van der Waals surface area (Å²) >= 11 is 6.56. The number of carbonyl (C=O) groups is 1. The van der Waals surface area contributed by atoms with Gasteiger partial charge in [-0.05, 0) is 39.0 Å². The lowest BCUT2D eigenvalue weighted by Crippen LogP contribution is -2.40. The molecule has 6 heteroatoms. The highest BCUT2D eigenvalue weighted by atomic mass is 35.5. The van der Waals surface area contributed by atoms with E-state index in [4.69, 9.17) is 21.6 Å². The van der Waals surface area contributed by atoms with Crippen molar-refractivity contribution < 1.29 is 9.53 Å². The Bertz CT molecular complexity index is 865. The third kappa shape index (κ3) is 3.15. The molecule has 5 nitrogen and oxygen atoms in total. The van der Waals surface area contributed by atoms with Gasteiger partial charge in [-0.25, -0.2) is 4.79 Å². The standard InChI is InChI=1S/C18H18ClN3O2/c1-18(2,3)24-17(23)22-7-6-15-13(10-22)16(19)12-8-11(9-20)4-5-14(12)21-15/h4-5,8H,6-7,10H2,1-3H3. The summed E-state index contributed by atoms with van der Waals surface area (Å²) in [4.78, 5) is 18.6. The zero-order valence-electron chi connectivity index (χ0n) is 13.9. The van der Waals surface area contributed by atoms with E-state index in [1.54, 1.807) is 23.1 Å². The van der Waals surface area contributed by atoms with E-state index >= 15 is 0 Å². The van der Waals surface area contributed by atoms with Crippen molar-refractivity contribution in [3.8, 4) is 6.07 Å². The molecule has 124 valence electrons. The fourth-order valence-electron chi connectivity index (χ4n) is 2.74. The van der Waals surface area contributed by atoms with Gasteiger partial charge in [0.05, 0.1) is 28.7 Å². The Morgan fingerprint density at radius 1 is 1.42 bits per heavy atom. The molecule has 0 saturated carbocycles. The molecule has 0 radical (unpaired) electrons. The van der Waals surface area contributed by atoms with Crippen molar-refractivity contribution in [1.82, 2.24) is 9.88 Å². The van der Waals surface area contributed by atoms with Gasteiger partial charge >= 0.3 is 6.09 Å². The Labute approximate surface area is 145 Å². The molecule has 0 bridgehead atoms. The third-order valence-corrected chi connectivity index (χ3v) is 4.28. The van der Waals surface area contributed by atoms with E-state index < -0.39 is 5.60 Å². The van der Waals surface area contributed by atoms with Crippen LogP contribution in [0.4, 0.5) is 4.79 Å². The summed E-state index contributed by atoms with van der Waals surface area (Å²) in [6, 6.07) is 7.38. The number of amides is 1. The normalized spacial score (nSPS) is 14.2. The average molecular weight is 344 g/mol. The smallest absolute Gasteiger partial charge is 0.410 e. The van der Waals surface area contributed by atoms with Crippen molar-refractivity contribution in [2.45, 2.75) is 39.3 Å². The van der Waals surface area contributed by atoms with Crippen LogP contribution >= 0.6 is 11.6 Å². The number of aromatic nitrogens is 1. The van der Waals surface area contributed by atoms with Gasteiger partial charge in [0, 0.05) is 29.6 Å². The van der Waals surface area contributed by atoms with E-state index in [2.05, 4.69) is 11.1 Å². The largest absolute Gasteiger partial charge is 0.444 e. The van der Waals surface area contributed by atoms with Gasteiger partial charge in [-0.1, -0.05) is 11.6 Å². The SMILES string of the molecule is CC(C)(C)OC(=O)N1CCc2nc3ccc(C#N)cc3c(Cl)c2C1. The van der Waals surface area contributed by atoms with E-state index in [0.717, 1.165) is 22.2 Å². The van der Waals surface area contributed by atoms with Gasteiger partial charge in [0.2, 0.25) is 0 Å². The molecular formula is C18H18ClN3O2. The zero-order valence-corrected chi connectivity index (χ0v) is 14.6. The predicted octanol–water partition coefficient (Wildman–Crippen LogP) is 4.05. The van der Waals surface area contributed by atoms with Gasteiger partial charge in [0.25, 0.3) is 0 Å². The molecule has 0 saturated heterocycles. The van der Waals surface area contributed by atoms with Gasteiger partial charge in [-0.3, -0.25) is 4.98 Å². The molecule has 0 atom stereocenters. The van der Waals surface area contributed by atoms with Crippen LogP contribution in [0.5, 0.6) is 0 Å². The minimum atomic E-state index is -0.537. The van der Waals surface area contributed by atoms with Gasteiger partial charge < -0.3 is 9.64 Å². The first-order valence-electron chi connectivity index (χ1n) is 7.77. The monoisotopic (exact) mass is 343 g/mol. The zero-order chi connectivity index (χ0) is 17.5. The van der Waals surface area contributed by atoms with Crippen LogP contribution in [-0.2, 0) is 17.7 Å². The number of fused-ring (bicyclic) bond motifs is 2. The molecule has 1 amide bonds. The second-order valence-corrected chi connectivity index (χ2v) is 7.22. The lowest BCUT2D eigenvalue weighted by Gasteiger charge is -2.31. The first-order chi connectivity index (χ1) is 11.3. The molecule has 1 aliphatic rings. The molecule has 0 fully saturated rings. The highest BCUT2D eigenvalue weighted by molar-refractivity contribution is 6.36. The summed E-state index contributed by atoms with van der Waals surface area (Å²) < 4.78 is 5.44. The van der Waals surface area contributed by atoms with Crippen LogP contribution in [0.15, 0.2) is 18.2 Å². The van der Waals surface area contributed by atoms with Gasteiger partial charge in [-0.15, -0.1) is 0 Å². The summed E-state index contributed by atoms with van der Waals surface area (Å²) in [6.45, 7) is 6.44. The maximum Gasteiger partial charge on any atom is 0.410 e. The number of hydrogen-bond acceptors (Lipinski definition) is 4. The molecule has 0 N–H and O–H groups in total. The molecule has 1 aromatic carbocycles. The van der Waals surface area contributed by atoms with Crippen LogP contribution in [0.3, 0.4) is 0 Å². The van der Waals surface area contributed by atoms with E-state index in [1.807, 2.05) is 20.8 Å². The number of ether oxygens (including phenoxy) is 1. The summed E-state index contributed by atoms with van der Waals surface area (Å²) in [5.41, 5.74) is 2.49. The van der Waals surface area contributed by atoms with Crippen molar-refractivity contribution in [3.05, 3.63) is 40.0 Å². The summed E-state index contributed by atoms with van der Waals surface area (Å²) in [7, 11) is 0. The number of benzene rings is 1. The Morgan fingerprint density at radius 3 is 2.83 bits per heavy atom. The van der Waals surface area contributed by atoms with Crippen LogP contribution in [0.2, 0.25) is 5.02 Å². The maximum absolute atomic E-state index is 12.3. The van der Waals surface area contributed by atoms with Gasteiger partial charge in [0.15, 0.2) is 0 Å². The number of pyridine rings is 1. The second kappa shape index (κ2) is 5.95. The molecule has 24 heavy (non-hydrogen) atoms. The summed E-state index contributed by atoms with van der Waals surface area (Å²) in [6.07, 6.45) is 0.277. The molecule has 1 aromatic heterocycles. The van der Waals surface area contributed by atoms with E-state index in [1.165, 1.54) is 0 Å². The third-order valence-electron chi connectivity index (χ3n) is 3.85. The van der Waals surface area contributed by atoms with Crippen molar-refractivity contribution in [2.75, 3.05) is 6.54 Å². The van der Waals surface area contributed by atoms with Crippen molar-refractivity contribution in [1.29, 1.82) is 5.26 Å². The number of halogens is 1. The Balaban J connectivity index is 1.97. The summed E-state index contributed by atoms with van der Waals surface area (Å²) in [5, 5.41) is 10.4.